The zero-order valence-corrected chi connectivity index (χ0v) is 46.1. The molecular formula is C82H54O2. The molecular weight excluding hydrogens is 1020 g/mol. The number of ketones is 2. The zero-order chi connectivity index (χ0) is 56.6. The summed E-state index contributed by atoms with van der Waals surface area (Å²) < 4.78 is 0. The van der Waals surface area contributed by atoms with Crippen molar-refractivity contribution >= 4 is 56.2 Å². The van der Waals surface area contributed by atoms with E-state index in [9.17, 15) is 0 Å². The fourth-order valence-electron chi connectivity index (χ4n) is 11.5. The Labute approximate surface area is 491 Å². The van der Waals surface area contributed by atoms with Gasteiger partial charge in [0.2, 0.25) is 0 Å². The van der Waals surface area contributed by atoms with E-state index >= 15 is 9.59 Å². The van der Waals surface area contributed by atoms with Crippen molar-refractivity contribution < 1.29 is 9.59 Å². The van der Waals surface area contributed by atoms with Gasteiger partial charge in [0.05, 0.1) is 0 Å². The maximum Gasteiger partial charge on any atom is 0.195 e. The topological polar surface area (TPSA) is 34.1 Å². The predicted molar refractivity (Wildman–Crippen MR) is 346 cm³/mol. The van der Waals surface area contributed by atoms with Gasteiger partial charge in [-0.1, -0.05) is 278 Å². The van der Waals surface area contributed by atoms with E-state index in [4.69, 9.17) is 0 Å². The van der Waals surface area contributed by atoms with E-state index in [1.807, 2.05) is 182 Å². The lowest BCUT2D eigenvalue weighted by Crippen LogP contribution is -2.01. The molecule has 0 unspecified atom stereocenters. The van der Waals surface area contributed by atoms with Crippen LogP contribution in [-0.2, 0) is 22.4 Å². The predicted octanol–water partition coefficient (Wildman–Crippen LogP) is 17.9. The second-order valence-corrected chi connectivity index (χ2v) is 21.1. The van der Waals surface area contributed by atoms with Crippen molar-refractivity contribution in [2.45, 2.75) is 12.8 Å². The minimum Gasteiger partial charge on any atom is -0.289 e. The quantitative estimate of drug-likeness (QED) is 0.114. The van der Waals surface area contributed by atoms with E-state index in [-0.39, 0.29) is 11.6 Å². The average molecular weight is 1070 g/mol. The van der Waals surface area contributed by atoms with Crippen LogP contribution in [-0.4, -0.2) is 11.6 Å². The highest BCUT2D eigenvalue weighted by atomic mass is 16.1. The number of allylic oxidation sites excluding steroid dienone is 8. The van der Waals surface area contributed by atoms with Crippen LogP contribution in [0.25, 0.3) is 44.6 Å². The van der Waals surface area contributed by atoms with E-state index in [1.165, 1.54) is 22.3 Å². The van der Waals surface area contributed by atoms with Crippen molar-refractivity contribution in [3.05, 3.63) is 392 Å². The smallest absolute Gasteiger partial charge is 0.195 e. The lowest BCUT2D eigenvalue weighted by molar-refractivity contribution is -0.109. The summed E-state index contributed by atoms with van der Waals surface area (Å²) in [6, 6.07) is 103. The summed E-state index contributed by atoms with van der Waals surface area (Å²) in [6.07, 6.45) is 1.51. The molecule has 2 heteroatoms. The van der Waals surface area contributed by atoms with Crippen LogP contribution in [0.4, 0.5) is 0 Å². The number of Topliss-reactive ketones (excluding diaryl/α,β-unsaturated/α-hetero) is 2. The second kappa shape index (κ2) is 23.9. The standard InChI is InChI=1S/C82H54O2/c83-81-77(65-23-11-3-12-24-65)73(69-47-39-59(40-48-69)33-31-57-19-7-1-8-20-57)75(79(81)67-27-15-5-16-28-67)71-51-43-63(44-52-71)55-61-35-37-62(38-36-61)56-64-45-53-72(54-46-64)76-74(70-49-41-60(42-50-70)34-32-58-21-9-2-10-22-58)78(66-25-13-4-14-26-66)82(84)80(76)68-29-17-6-18-30-68/h1-30,35-54H,55-56H2. The number of hydrogen-bond acceptors (Lipinski definition) is 2. The van der Waals surface area contributed by atoms with Crippen molar-refractivity contribution in [3.8, 4) is 23.7 Å². The molecule has 13 rings (SSSR count). The molecule has 11 aromatic rings. The van der Waals surface area contributed by atoms with Gasteiger partial charge in [0.1, 0.15) is 0 Å². The lowest BCUT2D eigenvalue weighted by atomic mass is 9.88. The molecule has 0 amide bonds. The van der Waals surface area contributed by atoms with E-state index in [1.54, 1.807) is 0 Å². The Balaban J connectivity index is 0.771. The molecule has 0 saturated heterocycles. The Morgan fingerprint density at radius 3 is 0.595 bits per heavy atom. The van der Waals surface area contributed by atoms with Crippen LogP contribution in [0.2, 0.25) is 0 Å². The summed E-state index contributed by atoms with van der Waals surface area (Å²) >= 11 is 0. The van der Waals surface area contributed by atoms with Gasteiger partial charge in [-0.2, -0.15) is 0 Å². The molecule has 2 aliphatic carbocycles. The summed E-state index contributed by atoms with van der Waals surface area (Å²) in [5.74, 6) is 13.2. The minimum absolute atomic E-state index is 0.0115. The monoisotopic (exact) mass is 1070 g/mol. The first-order valence-electron chi connectivity index (χ1n) is 28.4. The summed E-state index contributed by atoms with van der Waals surface area (Å²) in [4.78, 5) is 30.0. The molecule has 0 spiro atoms. The Bertz CT molecular complexity index is 4190. The van der Waals surface area contributed by atoms with E-state index in [0.717, 1.165) is 102 Å². The molecule has 0 bridgehead atoms. The van der Waals surface area contributed by atoms with Gasteiger partial charge in [-0.3, -0.25) is 9.59 Å². The first-order chi connectivity index (χ1) is 41.5. The molecule has 0 heterocycles. The first-order valence-corrected chi connectivity index (χ1v) is 28.4. The summed E-state index contributed by atoms with van der Waals surface area (Å²) in [7, 11) is 0. The van der Waals surface area contributed by atoms with Gasteiger partial charge in [0, 0.05) is 66.8 Å². The van der Waals surface area contributed by atoms with Crippen molar-refractivity contribution in [2.75, 3.05) is 0 Å². The maximum absolute atomic E-state index is 15.0. The molecule has 394 valence electrons. The summed E-state index contributed by atoms with van der Waals surface area (Å²) in [5.41, 5.74) is 22.4. The van der Waals surface area contributed by atoms with Crippen LogP contribution >= 0.6 is 0 Å². The second-order valence-electron chi connectivity index (χ2n) is 21.1. The molecule has 0 aliphatic heterocycles. The molecule has 2 nitrogen and oxygen atoms in total. The van der Waals surface area contributed by atoms with Crippen molar-refractivity contribution in [2.24, 2.45) is 0 Å². The molecule has 0 fully saturated rings. The van der Waals surface area contributed by atoms with Gasteiger partial charge in [0.15, 0.2) is 11.6 Å². The van der Waals surface area contributed by atoms with Gasteiger partial charge in [-0.05, 0) is 128 Å². The zero-order valence-electron chi connectivity index (χ0n) is 46.1. The SMILES string of the molecule is O=C1C(c2ccccc2)=C(c2ccc(C#Cc3ccccc3)cc2)C(c2ccc(Cc3ccc(Cc4ccc(C5=C(c6ccccc6)C(=O)C(c6ccccc6)=C5c5ccc(C#Cc6ccccc6)cc5)cc4)cc3)cc2)=C1c1ccccc1. The average Bonchev–Trinajstić information content (AvgIpc) is 3.31. The molecule has 2 aliphatic rings. The maximum atomic E-state index is 15.0. The largest absolute Gasteiger partial charge is 0.289 e. The number of carbonyl (C=O) groups is 2. The van der Waals surface area contributed by atoms with Crippen LogP contribution in [0.1, 0.15) is 89.0 Å². The molecule has 0 radical (unpaired) electrons. The highest BCUT2D eigenvalue weighted by Crippen LogP contribution is 2.51. The number of benzene rings is 11. The van der Waals surface area contributed by atoms with E-state index in [0.29, 0.717) is 22.3 Å². The Morgan fingerprint density at radius 1 is 0.179 bits per heavy atom. The van der Waals surface area contributed by atoms with Crippen molar-refractivity contribution in [3.63, 3.8) is 0 Å². The summed E-state index contributed by atoms with van der Waals surface area (Å²) in [6.45, 7) is 0. The van der Waals surface area contributed by atoms with Gasteiger partial charge in [-0.25, -0.2) is 0 Å². The van der Waals surface area contributed by atoms with Crippen molar-refractivity contribution in [1.82, 2.24) is 0 Å². The Kier molecular flexibility index (Phi) is 14.9. The lowest BCUT2D eigenvalue weighted by Gasteiger charge is -2.15. The fourth-order valence-corrected chi connectivity index (χ4v) is 11.5. The van der Waals surface area contributed by atoms with E-state index in [2.05, 4.69) is 145 Å². The number of hydrogen-bond donors (Lipinski definition) is 0. The summed E-state index contributed by atoms with van der Waals surface area (Å²) in [5, 5.41) is 0. The van der Waals surface area contributed by atoms with Crippen molar-refractivity contribution in [1.29, 1.82) is 0 Å². The van der Waals surface area contributed by atoms with Crippen LogP contribution in [0.5, 0.6) is 0 Å². The van der Waals surface area contributed by atoms with E-state index < -0.39 is 0 Å². The van der Waals surface area contributed by atoms with Gasteiger partial charge >= 0.3 is 0 Å². The number of carbonyl (C=O) groups excluding carboxylic acids is 2. The third-order valence-corrected chi connectivity index (χ3v) is 15.6. The van der Waals surface area contributed by atoms with Gasteiger partial charge < -0.3 is 0 Å². The van der Waals surface area contributed by atoms with Crippen LogP contribution < -0.4 is 0 Å². The third-order valence-electron chi connectivity index (χ3n) is 15.6. The highest BCUT2D eigenvalue weighted by molar-refractivity contribution is 6.60. The third kappa shape index (κ3) is 11.0. The molecule has 11 aromatic carbocycles. The van der Waals surface area contributed by atoms with Gasteiger partial charge in [0.25, 0.3) is 0 Å². The molecule has 0 N–H and O–H groups in total. The molecule has 0 atom stereocenters. The first kappa shape index (κ1) is 52.2. The van der Waals surface area contributed by atoms with Crippen LogP contribution in [0.15, 0.2) is 303 Å². The Hall–Kier alpha value is -11.2. The molecule has 84 heavy (non-hydrogen) atoms. The fraction of sp³-hybridized carbons (Fsp3) is 0.0244. The minimum atomic E-state index is 0.0115. The molecule has 0 aromatic heterocycles. The Morgan fingerprint density at radius 2 is 0.357 bits per heavy atom. The number of rotatable bonds is 12. The van der Waals surface area contributed by atoms with Crippen LogP contribution in [0.3, 0.4) is 0 Å². The molecule has 0 saturated carbocycles. The highest BCUT2D eigenvalue weighted by Gasteiger charge is 2.37. The normalized spacial score (nSPS) is 13.0. The van der Waals surface area contributed by atoms with Gasteiger partial charge in [-0.15, -0.1) is 0 Å². The van der Waals surface area contributed by atoms with Crippen LogP contribution in [0, 0.1) is 23.7 Å².